The molecule has 0 radical (unpaired) electrons. The average molecular weight is 310 g/mol. The molecule has 0 heteroatoms. The van der Waals surface area contributed by atoms with Gasteiger partial charge in [-0.25, -0.2) is 0 Å². The second-order valence-corrected chi connectivity index (χ2v) is 6.51. The Morgan fingerprint density at radius 2 is 1.12 bits per heavy atom. The van der Waals surface area contributed by atoms with Gasteiger partial charge in [0.25, 0.3) is 0 Å². The van der Waals surface area contributed by atoms with Gasteiger partial charge < -0.3 is 0 Å². The van der Waals surface area contributed by atoms with Crippen LogP contribution >= 0.6 is 0 Å². The molecule has 0 fully saturated rings. The Morgan fingerprint density at radius 1 is 0.583 bits per heavy atom. The van der Waals surface area contributed by atoms with Crippen LogP contribution in [0.1, 0.15) is 41.4 Å². The third-order valence-electron chi connectivity index (χ3n) is 5.07. The molecule has 0 bridgehead atoms. The zero-order valence-electron chi connectivity index (χ0n) is 13.8. The molecule has 0 amide bonds. The summed E-state index contributed by atoms with van der Waals surface area (Å²) in [5, 5.41) is 0. The highest BCUT2D eigenvalue weighted by atomic mass is 14.3. The second kappa shape index (κ2) is 6.88. The van der Waals surface area contributed by atoms with Crippen LogP contribution in [0, 0.1) is 0 Å². The van der Waals surface area contributed by atoms with E-state index in [0.29, 0.717) is 11.8 Å². The zero-order chi connectivity index (χ0) is 16.2. The predicted molar refractivity (Wildman–Crippen MR) is 102 cm³/mol. The summed E-state index contributed by atoms with van der Waals surface area (Å²) in [6.07, 6.45) is 4.81. The smallest absolute Gasteiger partial charge is 0.0161 e. The molecule has 0 N–H and O–H groups in total. The third-order valence-corrected chi connectivity index (χ3v) is 5.07. The minimum atomic E-state index is 0.421. The Hall–Kier alpha value is -2.60. The van der Waals surface area contributed by atoms with Gasteiger partial charge in [-0.1, -0.05) is 97.1 Å². The number of benzene rings is 3. The van der Waals surface area contributed by atoms with Crippen LogP contribution in [-0.4, -0.2) is 0 Å². The molecule has 0 nitrogen and oxygen atoms in total. The lowest BCUT2D eigenvalue weighted by Crippen LogP contribution is -2.17. The SMILES string of the molecule is C1=C(c2ccccc2)[C@@H](c2ccccc2)[C@@H](c2ccccc2)CC1. The topological polar surface area (TPSA) is 0 Å². The van der Waals surface area contributed by atoms with Crippen LogP contribution in [0.2, 0.25) is 0 Å². The molecule has 0 saturated carbocycles. The zero-order valence-corrected chi connectivity index (χ0v) is 13.8. The van der Waals surface area contributed by atoms with E-state index in [2.05, 4.69) is 97.1 Å². The third kappa shape index (κ3) is 2.92. The average Bonchev–Trinajstić information content (AvgIpc) is 2.69. The van der Waals surface area contributed by atoms with E-state index in [4.69, 9.17) is 0 Å². The van der Waals surface area contributed by atoms with Crippen LogP contribution in [0.5, 0.6) is 0 Å². The summed E-state index contributed by atoms with van der Waals surface area (Å²) in [7, 11) is 0. The van der Waals surface area contributed by atoms with Gasteiger partial charge >= 0.3 is 0 Å². The first-order valence-electron chi connectivity index (χ1n) is 8.79. The fourth-order valence-electron chi connectivity index (χ4n) is 3.99. The molecule has 0 unspecified atom stereocenters. The van der Waals surface area contributed by atoms with Gasteiger partial charge in [0.05, 0.1) is 0 Å². The van der Waals surface area contributed by atoms with Gasteiger partial charge in [0.15, 0.2) is 0 Å². The van der Waals surface area contributed by atoms with E-state index in [9.17, 15) is 0 Å². The summed E-state index contributed by atoms with van der Waals surface area (Å²) in [4.78, 5) is 0. The fraction of sp³-hybridized carbons (Fsp3) is 0.167. The number of rotatable bonds is 3. The largest absolute Gasteiger partial charge is 0.0801 e. The van der Waals surface area contributed by atoms with Gasteiger partial charge in [-0.2, -0.15) is 0 Å². The molecule has 0 aliphatic heterocycles. The van der Waals surface area contributed by atoms with E-state index < -0.39 is 0 Å². The van der Waals surface area contributed by atoms with Crippen molar-refractivity contribution >= 4 is 5.57 Å². The Labute approximate surface area is 144 Å². The van der Waals surface area contributed by atoms with Crippen molar-refractivity contribution in [3.63, 3.8) is 0 Å². The molecule has 1 aliphatic carbocycles. The molecule has 4 rings (SSSR count). The maximum absolute atomic E-state index is 2.45. The molecule has 0 spiro atoms. The van der Waals surface area contributed by atoms with Crippen LogP contribution in [0.25, 0.3) is 5.57 Å². The van der Waals surface area contributed by atoms with Crippen molar-refractivity contribution in [2.45, 2.75) is 24.7 Å². The van der Waals surface area contributed by atoms with E-state index in [-0.39, 0.29) is 0 Å². The Kier molecular flexibility index (Phi) is 4.29. The van der Waals surface area contributed by atoms with E-state index in [1.807, 2.05) is 0 Å². The lowest BCUT2D eigenvalue weighted by atomic mass is 9.70. The first-order chi connectivity index (χ1) is 11.9. The van der Waals surface area contributed by atoms with Crippen molar-refractivity contribution in [3.8, 4) is 0 Å². The Balaban J connectivity index is 1.83. The summed E-state index contributed by atoms with van der Waals surface area (Å²) >= 11 is 0. The second-order valence-electron chi connectivity index (χ2n) is 6.51. The highest BCUT2D eigenvalue weighted by Crippen LogP contribution is 2.48. The minimum absolute atomic E-state index is 0.421. The summed E-state index contributed by atoms with van der Waals surface area (Å²) in [5.74, 6) is 0.957. The van der Waals surface area contributed by atoms with Crippen LogP contribution in [0.3, 0.4) is 0 Å². The number of hydrogen-bond donors (Lipinski definition) is 0. The Morgan fingerprint density at radius 3 is 1.75 bits per heavy atom. The number of allylic oxidation sites excluding steroid dienone is 2. The summed E-state index contributed by atoms with van der Waals surface area (Å²) in [6, 6.07) is 32.9. The standard InChI is InChI=1S/C24H22/c1-4-11-19(12-5-1)22-17-10-18-23(20-13-6-2-7-14-20)24(22)21-15-8-3-9-16-21/h1-9,11-17,23-24H,10,18H2/t23-,24-/m1/s1. The lowest BCUT2D eigenvalue weighted by Gasteiger charge is -2.34. The normalized spacial score (nSPS) is 20.4. The van der Waals surface area contributed by atoms with E-state index >= 15 is 0 Å². The molecule has 3 aromatic carbocycles. The first-order valence-corrected chi connectivity index (χ1v) is 8.79. The maximum atomic E-state index is 2.45. The fourth-order valence-corrected chi connectivity index (χ4v) is 3.99. The molecule has 0 heterocycles. The maximum Gasteiger partial charge on any atom is 0.0161 e. The van der Waals surface area contributed by atoms with Crippen LogP contribution < -0.4 is 0 Å². The highest BCUT2D eigenvalue weighted by molar-refractivity contribution is 5.73. The van der Waals surface area contributed by atoms with Crippen molar-refractivity contribution in [2.75, 3.05) is 0 Å². The number of hydrogen-bond acceptors (Lipinski definition) is 0. The monoisotopic (exact) mass is 310 g/mol. The van der Waals surface area contributed by atoms with Crippen molar-refractivity contribution in [2.24, 2.45) is 0 Å². The summed E-state index contributed by atoms with van der Waals surface area (Å²) in [5.41, 5.74) is 5.70. The van der Waals surface area contributed by atoms with Crippen molar-refractivity contribution in [3.05, 3.63) is 114 Å². The van der Waals surface area contributed by atoms with E-state index in [1.54, 1.807) is 0 Å². The minimum Gasteiger partial charge on any atom is -0.0801 e. The Bertz CT molecular complexity index is 800. The quantitative estimate of drug-likeness (QED) is 0.523. The van der Waals surface area contributed by atoms with Gasteiger partial charge in [-0.3, -0.25) is 0 Å². The van der Waals surface area contributed by atoms with Gasteiger partial charge in [0, 0.05) is 5.92 Å². The molecule has 1 aliphatic rings. The van der Waals surface area contributed by atoms with E-state index in [1.165, 1.54) is 28.7 Å². The predicted octanol–water partition coefficient (Wildman–Crippen LogP) is 6.43. The van der Waals surface area contributed by atoms with Gasteiger partial charge in [-0.15, -0.1) is 0 Å². The summed E-state index contributed by atoms with van der Waals surface area (Å²) < 4.78 is 0. The van der Waals surface area contributed by atoms with Gasteiger partial charge in [-0.05, 0) is 41.0 Å². The van der Waals surface area contributed by atoms with Crippen LogP contribution in [0.15, 0.2) is 97.1 Å². The first kappa shape index (κ1) is 15.0. The summed E-state index contributed by atoms with van der Waals surface area (Å²) in [6.45, 7) is 0. The molecular weight excluding hydrogens is 288 g/mol. The molecule has 0 saturated heterocycles. The molecule has 24 heavy (non-hydrogen) atoms. The van der Waals surface area contributed by atoms with Gasteiger partial charge in [0.1, 0.15) is 0 Å². The van der Waals surface area contributed by atoms with Crippen molar-refractivity contribution in [1.29, 1.82) is 0 Å². The van der Waals surface area contributed by atoms with Gasteiger partial charge in [0.2, 0.25) is 0 Å². The van der Waals surface area contributed by atoms with Crippen molar-refractivity contribution < 1.29 is 0 Å². The van der Waals surface area contributed by atoms with Crippen LogP contribution in [-0.2, 0) is 0 Å². The highest BCUT2D eigenvalue weighted by Gasteiger charge is 2.30. The molecular formula is C24H22. The lowest BCUT2D eigenvalue weighted by molar-refractivity contribution is 0.565. The molecule has 3 aromatic rings. The molecule has 118 valence electrons. The van der Waals surface area contributed by atoms with E-state index in [0.717, 1.165) is 6.42 Å². The molecule has 2 atom stereocenters. The molecule has 0 aromatic heterocycles. The van der Waals surface area contributed by atoms with Crippen LogP contribution in [0.4, 0.5) is 0 Å². The van der Waals surface area contributed by atoms with Crippen molar-refractivity contribution in [1.82, 2.24) is 0 Å².